The first-order valence-electron chi connectivity index (χ1n) is 7.82. The van der Waals surface area contributed by atoms with Crippen LogP contribution in [-0.4, -0.2) is 23.6 Å². The third-order valence-corrected chi connectivity index (χ3v) is 3.92. The van der Waals surface area contributed by atoms with Crippen molar-refractivity contribution in [2.45, 2.75) is 6.92 Å². The van der Waals surface area contributed by atoms with Crippen molar-refractivity contribution < 1.29 is 14.3 Å². The van der Waals surface area contributed by atoms with E-state index in [1.54, 1.807) is 24.3 Å². The summed E-state index contributed by atoms with van der Waals surface area (Å²) in [4.78, 5) is 24.3. The molecule has 0 bridgehead atoms. The number of amides is 1. The average molecular weight is 334 g/mol. The molecule has 0 saturated heterocycles. The van der Waals surface area contributed by atoms with Crippen LogP contribution in [-0.2, 0) is 4.74 Å². The number of ether oxygens (including phenoxy) is 1. The van der Waals surface area contributed by atoms with Gasteiger partial charge < -0.3 is 14.6 Å². The Hall–Kier alpha value is -3.34. The van der Waals surface area contributed by atoms with E-state index in [1.165, 1.54) is 7.11 Å². The lowest BCUT2D eigenvalue weighted by atomic mass is 10.1. The molecule has 2 aromatic carbocycles. The number of anilines is 1. The Balaban J connectivity index is 1.85. The second kappa shape index (κ2) is 7.05. The SMILES string of the molecule is COC(=O)c1ccc(C)c(NC(=O)c2cccc(-n3cccc3)c2)c1. The lowest BCUT2D eigenvalue weighted by Crippen LogP contribution is -2.14. The second-order valence-electron chi connectivity index (χ2n) is 5.62. The number of carbonyl (C=O) groups is 2. The minimum Gasteiger partial charge on any atom is -0.465 e. The number of methoxy groups -OCH3 is 1. The molecule has 5 nitrogen and oxygen atoms in total. The monoisotopic (exact) mass is 334 g/mol. The van der Waals surface area contributed by atoms with Crippen LogP contribution in [0.25, 0.3) is 5.69 Å². The number of aromatic nitrogens is 1. The van der Waals surface area contributed by atoms with Gasteiger partial charge in [-0.1, -0.05) is 12.1 Å². The van der Waals surface area contributed by atoms with Crippen molar-refractivity contribution in [3.8, 4) is 5.69 Å². The summed E-state index contributed by atoms with van der Waals surface area (Å²) in [6, 6.07) is 16.2. The van der Waals surface area contributed by atoms with E-state index in [0.29, 0.717) is 16.8 Å². The van der Waals surface area contributed by atoms with Crippen molar-refractivity contribution in [1.82, 2.24) is 4.57 Å². The molecule has 0 saturated carbocycles. The highest BCUT2D eigenvalue weighted by Crippen LogP contribution is 2.19. The number of hydrogen-bond acceptors (Lipinski definition) is 3. The molecule has 0 aliphatic rings. The number of benzene rings is 2. The summed E-state index contributed by atoms with van der Waals surface area (Å²) in [5.41, 5.74) is 3.28. The van der Waals surface area contributed by atoms with Gasteiger partial charge in [0.15, 0.2) is 0 Å². The van der Waals surface area contributed by atoms with Crippen molar-refractivity contribution in [1.29, 1.82) is 0 Å². The van der Waals surface area contributed by atoms with E-state index in [0.717, 1.165) is 11.3 Å². The standard InChI is InChI=1S/C20H18N2O3/c1-14-8-9-16(20(24)25-2)13-18(14)21-19(23)15-6-5-7-17(12-15)22-10-3-4-11-22/h3-13H,1-2H3,(H,21,23). The van der Waals surface area contributed by atoms with Crippen LogP contribution in [0.5, 0.6) is 0 Å². The van der Waals surface area contributed by atoms with E-state index in [1.807, 2.05) is 54.2 Å². The van der Waals surface area contributed by atoms with E-state index < -0.39 is 5.97 Å². The molecule has 3 aromatic rings. The van der Waals surface area contributed by atoms with Crippen molar-refractivity contribution >= 4 is 17.6 Å². The summed E-state index contributed by atoms with van der Waals surface area (Å²) in [6.07, 6.45) is 3.84. The Labute approximate surface area is 145 Å². The molecule has 1 N–H and O–H groups in total. The summed E-state index contributed by atoms with van der Waals surface area (Å²) >= 11 is 0. The Kier molecular flexibility index (Phi) is 4.66. The predicted molar refractivity (Wildman–Crippen MR) is 96.2 cm³/mol. The van der Waals surface area contributed by atoms with Crippen LogP contribution in [0.2, 0.25) is 0 Å². The van der Waals surface area contributed by atoms with Gasteiger partial charge in [0.1, 0.15) is 0 Å². The summed E-state index contributed by atoms with van der Waals surface area (Å²) in [5.74, 6) is -0.677. The normalized spacial score (nSPS) is 10.3. The fourth-order valence-electron chi connectivity index (χ4n) is 2.51. The van der Waals surface area contributed by atoms with Crippen LogP contribution < -0.4 is 5.32 Å². The van der Waals surface area contributed by atoms with Crippen LogP contribution in [0.4, 0.5) is 5.69 Å². The number of esters is 1. The van der Waals surface area contributed by atoms with Gasteiger partial charge in [0.25, 0.3) is 5.91 Å². The minimum atomic E-state index is -0.440. The third-order valence-electron chi connectivity index (χ3n) is 3.92. The van der Waals surface area contributed by atoms with Gasteiger partial charge in [-0.3, -0.25) is 4.79 Å². The average Bonchev–Trinajstić information content (AvgIpc) is 3.17. The molecule has 0 atom stereocenters. The van der Waals surface area contributed by atoms with E-state index >= 15 is 0 Å². The van der Waals surface area contributed by atoms with Crippen LogP contribution in [0.3, 0.4) is 0 Å². The zero-order valence-electron chi connectivity index (χ0n) is 14.0. The van der Waals surface area contributed by atoms with Gasteiger partial charge in [0.2, 0.25) is 0 Å². The molecule has 1 aromatic heterocycles. The quantitative estimate of drug-likeness (QED) is 0.738. The van der Waals surface area contributed by atoms with Crippen molar-refractivity contribution in [2.24, 2.45) is 0 Å². The lowest BCUT2D eigenvalue weighted by molar-refractivity contribution is 0.0600. The number of carbonyl (C=O) groups excluding carboxylic acids is 2. The van der Waals surface area contributed by atoms with Gasteiger partial charge >= 0.3 is 5.97 Å². The molecule has 5 heteroatoms. The van der Waals surface area contributed by atoms with Crippen LogP contribution in [0.1, 0.15) is 26.3 Å². The summed E-state index contributed by atoms with van der Waals surface area (Å²) < 4.78 is 6.65. The Morgan fingerprint density at radius 3 is 2.44 bits per heavy atom. The highest BCUT2D eigenvalue weighted by atomic mass is 16.5. The van der Waals surface area contributed by atoms with Crippen molar-refractivity contribution in [3.63, 3.8) is 0 Å². The number of rotatable bonds is 4. The maximum atomic E-state index is 12.6. The molecule has 3 rings (SSSR count). The van der Waals surface area contributed by atoms with Crippen LogP contribution in [0, 0.1) is 6.92 Å². The summed E-state index contributed by atoms with van der Waals surface area (Å²) in [6.45, 7) is 1.87. The smallest absolute Gasteiger partial charge is 0.337 e. The molecule has 0 aliphatic heterocycles. The number of hydrogen-bond donors (Lipinski definition) is 1. The zero-order chi connectivity index (χ0) is 17.8. The first-order valence-corrected chi connectivity index (χ1v) is 7.82. The maximum Gasteiger partial charge on any atom is 0.337 e. The van der Waals surface area contributed by atoms with E-state index in [9.17, 15) is 9.59 Å². The van der Waals surface area contributed by atoms with Gasteiger partial charge in [-0.05, 0) is 55.0 Å². The number of nitrogens with zero attached hydrogens (tertiary/aromatic N) is 1. The highest BCUT2D eigenvalue weighted by Gasteiger charge is 2.12. The Bertz CT molecular complexity index is 914. The zero-order valence-corrected chi connectivity index (χ0v) is 14.0. The second-order valence-corrected chi connectivity index (χ2v) is 5.62. The van der Waals surface area contributed by atoms with Crippen LogP contribution in [0.15, 0.2) is 67.0 Å². The summed E-state index contributed by atoms with van der Waals surface area (Å²) in [5, 5.41) is 2.86. The lowest BCUT2D eigenvalue weighted by Gasteiger charge is -2.11. The van der Waals surface area contributed by atoms with Gasteiger partial charge in [-0.15, -0.1) is 0 Å². The third kappa shape index (κ3) is 3.61. The predicted octanol–water partition coefficient (Wildman–Crippen LogP) is 3.82. The highest BCUT2D eigenvalue weighted by molar-refractivity contribution is 6.05. The van der Waals surface area contributed by atoms with Gasteiger partial charge in [-0.2, -0.15) is 0 Å². The Morgan fingerprint density at radius 2 is 1.72 bits per heavy atom. The molecular formula is C20H18N2O3. The minimum absolute atomic E-state index is 0.237. The van der Waals surface area contributed by atoms with E-state index in [2.05, 4.69) is 5.32 Å². The number of aryl methyl sites for hydroxylation is 1. The molecule has 1 amide bonds. The Morgan fingerprint density at radius 1 is 0.960 bits per heavy atom. The first kappa shape index (κ1) is 16.5. The molecule has 0 aliphatic carbocycles. The fraction of sp³-hybridized carbons (Fsp3) is 0.100. The van der Waals surface area contributed by atoms with Crippen LogP contribution >= 0.6 is 0 Å². The van der Waals surface area contributed by atoms with Gasteiger partial charge in [0, 0.05) is 29.3 Å². The number of nitrogens with one attached hydrogen (secondary N) is 1. The van der Waals surface area contributed by atoms with Gasteiger partial charge in [-0.25, -0.2) is 4.79 Å². The largest absolute Gasteiger partial charge is 0.465 e. The van der Waals surface area contributed by atoms with E-state index in [4.69, 9.17) is 4.74 Å². The fourth-order valence-corrected chi connectivity index (χ4v) is 2.51. The summed E-state index contributed by atoms with van der Waals surface area (Å²) in [7, 11) is 1.33. The molecule has 0 fully saturated rings. The molecule has 0 radical (unpaired) electrons. The molecule has 25 heavy (non-hydrogen) atoms. The van der Waals surface area contributed by atoms with Crippen molar-refractivity contribution in [2.75, 3.05) is 12.4 Å². The van der Waals surface area contributed by atoms with Crippen molar-refractivity contribution in [3.05, 3.63) is 83.7 Å². The van der Waals surface area contributed by atoms with Gasteiger partial charge in [0.05, 0.1) is 12.7 Å². The topological polar surface area (TPSA) is 60.3 Å². The molecule has 1 heterocycles. The maximum absolute atomic E-state index is 12.6. The molecular weight excluding hydrogens is 316 g/mol. The molecule has 0 unspecified atom stereocenters. The molecule has 126 valence electrons. The molecule has 0 spiro atoms. The van der Waals surface area contributed by atoms with E-state index in [-0.39, 0.29) is 5.91 Å². The first-order chi connectivity index (χ1) is 12.1.